The van der Waals surface area contributed by atoms with Gasteiger partial charge in [-0.05, 0) is 33.2 Å². The summed E-state index contributed by atoms with van der Waals surface area (Å²) in [4.78, 5) is 14.1. The number of nitrogens with zero attached hydrogens (tertiary/aromatic N) is 1. The second-order valence-electron chi connectivity index (χ2n) is 4.82. The topological polar surface area (TPSA) is 52.6 Å². The van der Waals surface area contributed by atoms with Crippen molar-refractivity contribution >= 4 is 5.91 Å². The molecule has 0 aromatic heterocycles. The average Bonchev–Trinajstić information content (AvgIpc) is 2.31. The molecule has 92 valence electrons. The molecule has 4 nitrogen and oxygen atoms in total. The molecule has 0 radical (unpaired) electrons. The fourth-order valence-corrected chi connectivity index (χ4v) is 2.08. The molecule has 1 aliphatic rings. The van der Waals surface area contributed by atoms with Crippen LogP contribution in [0, 0.1) is 0 Å². The Hall–Kier alpha value is -0.870. The summed E-state index contributed by atoms with van der Waals surface area (Å²) in [6.07, 6.45) is 3.14. The van der Waals surface area contributed by atoms with Gasteiger partial charge in [-0.15, -0.1) is 6.58 Å². The maximum Gasteiger partial charge on any atom is 0.240 e. The lowest BCUT2D eigenvalue weighted by Crippen LogP contribution is -2.51. The van der Waals surface area contributed by atoms with Crippen LogP contribution in [0.3, 0.4) is 0 Å². The minimum Gasteiger partial charge on any atom is -0.396 e. The van der Waals surface area contributed by atoms with Crippen molar-refractivity contribution in [1.29, 1.82) is 0 Å². The Balaban J connectivity index is 2.86. The summed E-state index contributed by atoms with van der Waals surface area (Å²) < 4.78 is 0. The highest BCUT2D eigenvalue weighted by Crippen LogP contribution is 2.22. The van der Waals surface area contributed by atoms with Crippen LogP contribution in [0.15, 0.2) is 12.7 Å². The molecular formula is C12H22N2O2. The van der Waals surface area contributed by atoms with Gasteiger partial charge in [-0.3, -0.25) is 4.79 Å². The number of aliphatic hydroxyl groups is 1. The summed E-state index contributed by atoms with van der Waals surface area (Å²) in [6.45, 7) is 9.23. The molecule has 0 saturated carbocycles. The number of amides is 1. The Bertz CT molecular complexity index is 264. The second-order valence-corrected chi connectivity index (χ2v) is 4.82. The van der Waals surface area contributed by atoms with Crippen molar-refractivity contribution < 1.29 is 9.90 Å². The van der Waals surface area contributed by atoms with Crippen LogP contribution >= 0.6 is 0 Å². The molecule has 0 bridgehead atoms. The van der Waals surface area contributed by atoms with Gasteiger partial charge in [0, 0.05) is 18.7 Å². The normalized spacial score (nSPS) is 25.3. The van der Waals surface area contributed by atoms with Gasteiger partial charge < -0.3 is 15.3 Å². The van der Waals surface area contributed by atoms with Crippen LogP contribution in [-0.4, -0.2) is 47.2 Å². The van der Waals surface area contributed by atoms with Crippen molar-refractivity contribution in [2.24, 2.45) is 0 Å². The van der Waals surface area contributed by atoms with E-state index < -0.39 is 0 Å². The summed E-state index contributed by atoms with van der Waals surface area (Å²) in [5, 5.41) is 12.1. The zero-order valence-corrected chi connectivity index (χ0v) is 10.2. The maximum atomic E-state index is 12.2. The molecule has 0 aromatic rings. The Morgan fingerprint density at radius 2 is 2.38 bits per heavy atom. The molecule has 1 rings (SSSR count). The fourth-order valence-electron chi connectivity index (χ4n) is 2.08. The van der Waals surface area contributed by atoms with Crippen LogP contribution in [0.25, 0.3) is 0 Å². The molecule has 1 heterocycles. The summed E-state index contributed by atoms with van der Waals surface area (Å²) >= 11 is 0. The van der Waals surface area contributed by atoms with Gasteiger partial charge in [0.2, 0.25) is 5.91 Å². The molecule has 0 spiro atoms. The van der Waals surface area contributed by atoms with Gasteiger partial charge in [-0.2, -0.15) is 0 Å². The van der Waals surface area contributed by atoms with Crippen molar-refractivity contribution in [3.05, 3.63) is 12.7 Å². The first-order chi connectivity index (χ1) is 7.53. The van der Waals surface area contributed by atoms with E-state index in [0.29, 0.717) is 13.0 Å². The smallest absolute Gasteiger partial charge is 0.240 e. The van der Waals surface area contributed by atoms with Crippen LogP contribution in [0.1, 0.15) is 26.7 Å². The first-order valence-electron chi connectivity index (χ1n) is 5.79. The third-order valence-corrected chi connectivity index (χ3v) is 3.15. The van der Waals surface area contributed by atoms with Gasteiger partial charge in [0.15, 0.2) is 0 Å². The van der Waals surface area contributed by atoms with Crippen molar-refractivity contribution in [2.45, 2.75) is 38.3 Å². The van der Waals surface area contributed by atoms with Gasteiger partial charge in [-0.25, -0.2) is 0 Å². The van der Waals surface area contributed by atoms with Crippen LogP contribution < -0.4 is 5.32 Å². The van der Waals surface area contributed by atoms with E-state index in [2.05, 4.69) is 25.7 Å². The summed E-state index contributed by atoms with van der Waals surface area (Å²) in [7, 11) is 0. The molecule has 16 heavy (non-hydrogen) atoms. The number of hydrogen-bond acceptors (Lipinski definition) is 3. The predicted octanol–water partition coefficient (Wildman–Crippen LogP) is 0.524. The third-order valence-electron chi connectivity index (χ3n) is 3.15. The number of nitrogens with one attached hydrogen (secondary N) is 1. The van der Waals surface area contributed by atoms with Gasteiger partial charge in [-0.1, -0.05) is 6.08 Å². The van der Waals surface area contributed by atoms with E-state index in [1.807, 2.05) is 4.90 Å². The Labute approximate surface area is 97.3 Å². The van der Waals surface area contributed by atoms with Gasteiger partial charge in [0.1, 0.15) is 0 Å². The monoisotopic (exact) mass is 226 g/mol. The highest BCUT2D eigenvalue weighted by Gasteiger charge is 2.36. The highest BCUT2D eigenvalue weighted by molar-refractivity contribution is 5.83. The maximum absolute atomic E-state index is 12.2. The van der Waals surface area contributed by atoms with E-state index in [1.165, 1.54) is 0 Å². The fraction of sp³-hybridized carbons (Fsp3) is 0.750. The average molecular weight is 226 g/mol. The molecule has 1 saturated heterocycles. The lowest BCUT2D eigenvalue weighted by molar-refractivity contribution is -0.137. The van der Waals surface area contributed by atoms with E-state index in [0.717, 1.165) is 13.0 Å². The first kappa shape index (κ1) is 13.2. The molecule has 1 aliphatic heterocycles. The SMILES string of the molecule is C=CCN1C(=O)C(CCO)NCCC1(C)C. The number of rotatable bonds is 4. The van der Waals surface area contributed by atoms with E-state index in [4.69, 9.17) is 5.11 Å². The van der Waals surface area contributed by atoms with Crippen molar-refractivity contribution in [1.82, 2.24) is 10.2 Å². The lowest BCUT2D eigenvalue weighted by Gasteiger charge is -2.37. The molecule has 1 fully saturated rings. The van der Waals surface area contributed by atoms with Crippen LogP contribution in [0.5, 0.6) is 0 Å². The van der Waals surface area contributed by atoms with Crippen LogP contribution in [0.4, 0.5) is 0 Å². The number of aliphatic hydroxyl groups excluding tert-OH is 1. The first-order valence-corrected chi connectivity index (χ1v) is 5.79. The summed E-state index contributed by atoms with van der Waals surface area (Å²) in [5.74, 6) is 0.0662. The Kier molecular flexibility index (Phi) is 4.50. The zero-order chi connectivity index (χ0) is 12.2. The van der Waals surface area contributed by atoms with Crippen molar-refractivity contribution in [2.75, 3.05) is 19.7 Å². The second kappa shape index (κ2) is 5.46. The molecule has 1 atom stereocenters. The van der Waals surface area contributed by atoms with Gasteiger partial charge in [0.25, 0.3) is 0 Å². The third kappa shape index (κ3) is 2.83. The molecule has 0 aromatic carbocycles. The highest BCUT2D eigenvalue weighted by atomic mass is 16.3. The number of hydrogen-bond donors (Lipinski definition) is 2. The van der Waals surface area contributed by atoms with Crippen molar-refractivity contribution in [3.8, 4) is 0 Å². The largest absolute Gasteiger partial charge is 0.396 e. The molecule has 1 amide bonds. The number of carbonyl (C=O) groups is 1. The van der Waals surface area contributed by atoms with Crippen LogP contribution in [-0.2, 0) is 4.79 Å². The minimum absolute atomic E-state index is 0.0335. The lowest BCUT2D eigenvalue weighted by atomic mass is 9.98. The standard InChI is InChI=1S/C12H22N2O2/c1-4-8-14-11(16)10(5-9-15)13-7-6-12(14,2)3/h4,10,13,15H,1,5-9H2,2-3H3. The Morgan fingerprint density at radius 1 is 1.69 bits per heavy atom. The van der Waals surface area contributed by atoms with Gasteiger partial charge >= 0.3 is 0 Å². The van der Waals surface area contributed by atoms with E-state index in [1.54, 1.807) is 6.08 Å². The van der Waals surface area contributed by atoms with E-state index in [-0.39, 0.29) is 24.1 Å². The number of carbonyl (C=O) groups excluding carboxylic acids is 1. The molecular weight excluding hydrogens is 204 g/mol. The summed E-state index contributed by atoms with van der Waals surface area (Å²) in [5.41, 5.74) is -0.150. The van der Waals surface area contributed by atoms with Crippen molar-refractivity contribution in [3.63, 3.8) is 0 Å². The minimum atomic E-state index is -0.258. The zero-order valence-electron chi connectivity index (χ0n) is 10.2. The van der Waals surface area contributed by atoms with Gasteiger partial charge in [0.05, 0.1) is 6.04 Å². The molecule has 4 heteroatoms. The Morgan fingerprint density at radius 3 is 2.94 bits per heavy atom. The van der Waals surface area contributed by atoms with Crippen LogP contribution in [0.2, 0.25) is 0 Å². The van der Waals surface area contributed by atoms with E-state index in [9.17, 15) is 4.79 Å². The summed E-state index contributed by atoms with van der Waals surface area (Å²) in [6, 6.07) is -0.258. The van der Waals surface area contributed by atoms with E-state index >= 15 is 0 Å². The molecule has 0 aliphatic carbocycles. The molecule has 1 unspecified atom stereocenters. The predicted molar refractivity (Wildman–Crippen MR) is 64.1 cm³/mol. The molecule has 2 N–H and O–H groups in total. The quantitative estimate of drug-likeness (QED) is 0.687.